The van der Waals surface area contributed by atoms with Crippen LogP contribution in [0.25, 0.3) is 0 Å². The SMILES string of the molecule is CC1(NC(CCc2ccccc2)C(=O)O)CCc2ccccc2N(CC(=O)O)C1=O. The minimum atomic E-state index is -1.20. The van der Waals surface area contributed by atoms with Crippen molar-refractivity contribution in [3.05, 3.63) is 65.7 Å². The maximum absolute atomic E-state index is 13.4. The Hall–Kier alpha value is -3.19. The summed E-state index contributed by atoms with van der Waals surface area (Å²) in [6.45, 7) is 1.18. The monoisotopic (exact) mass is 410 g/mol. The van der Waals surface area contributed by atoms with Gasteiger partial charge in [0.2, 0.25) is 5.91 Å². The van der Waals surface area contributed by atoms with E-state index in [2.05, 4.69) is 5.32 Å². The van der Waals surface area contributed by atoms with Crippen LogP contribution >= 0.6 is 0 Å². The number of hydrogen-bond acceptors (Lipinski definition) is 4. The summed E-state index contributed by atoms with van der Waals surface area (Å²) in [6, 6.07) is 15.8. The molecule has 1 aliphatic heterocycles. The molecule has 3 rings (SSSR count). The smallest absolute Gasteiger partial charge is 0.323 e. The third-order valence-corrected chi connectivity index (χ3v) is 5.54. The number of para-hydroxylation sites is 1. The number of carboxylic acid groups (broad SMARTS) is 2. The highest BCUT2D eigenvalue weighted by Gasteiger charge is 2.43. The van der Waals surface area contributed by atoms with E-state index in [-0.39, 0.29) is 0 Å². The van der Waals surface area contributed by atoms with Gasteiger partial charge in [-0.1, -0.05) is 48.5 Å². The number of carboxylic acids is 2. The van der Waals surface area contributed by atoms with Gasteiger partial charge in [0.15, 0.2) is 0 Å². The first-order valence-corrected chi connectivity index (χ1v) is 9.96. The van der Waals surface area contributed by atoms with Crippen LogP contribution in [0.1, 0.15) is 30.9 Å². The van der Waals surface area contributed by atoms with E-state index in [0.29, 0.717) is 31.4 Å². The molecule has 3 N–H and O–H groups in total. The average Bonchev–Trinajstić information content (AvgIpc) is 2.82. The number of nitrogens with one attached hydrogen (secondary N) is 1. The number of benzene rings is 2. The second-order valence-electron chi connectivity index (χ2n) is 7.81. The average molecular weight is 410 g/mol. The van der Waals surface area contributed by atoms with Crippen LogP contribution in [0.5, 0.6) is 0 Å². The summed E-state index contributed by atoms with van der Waals surface area (Å²) in [6.07, 6.45) is 1.77. The number of aryl methyl sites for hydroxylation is 2. The van der Waals surface area contributed by atoms with Crippen molar-refractivity contribution in [1.82, 2.24) is 5.32 Å². The molecular formula is C23H26N2O5. The lowest BCUT2D eigenvalue weighted by molar-refractivity contribution is -0.141. The number of carbonyl (C=O) groups is 3. The number of nitrogens with zero attached hydrogens (tertiary/aromatic N) is 1. The molecule has 0 aliphatic carbocycles. The van der Waals surface area contributed by atoms with Crippen LogP contribution in [0, 0.1) is 0 Å². The van der Waals surface area contributed by atoms with Crippen molar-refractivity contribution in [2.24, 2.45) is 0 Å². The molecule has 2 aromatic rings. The molecule has 1 amide bonds. The predicted molar refractivity (Wildman–Crippen MR) is 112 cm³/mol. The number of amides is 1. The van der Waals surface area contributed by atoms with Gasteiger partial charge in [-0.05, 0) is 49.8 Å². The molecule has 30 heavy (non-hydrogen) atoms. The lowest BCUT2D eigenvalue weighted by Crippen LogP contribution is -2.60. The van der Waals surface area contributed by atoms with Gasteiger partial charge in [0.25, 0.3) is 0 Å². The Morgan fingerprint density at radius 3 is 2.43 bits per heavy atom. The van der Waals surface area contributed by atoms with E-state index < -0.39 is 36.0 Å². The summed E-state index contributed by atoms with van der Waals surface area (Å²) < 4.78 is 0. The Bertz CT molecular complexity index is 930. The van der Waals surface area contributed by atoms with E-state index in [9.17, 15) is 24.6 Å². The minimum Gasteiger partial charge on any atom is -0.480 e. The summed E-state index contributed by atoms with van der Waals surface area (Å²) in [7, 11) is 0. The van der Waals surface area contributed by atoms with Crippen molar-refractivity contribution in [2.45, 2.75) is 44.2 Å². The van der Waals surface area contributed by atoms with Crippen molar-refractivity contribution >= 4 is 23.5 Å². The fraction of sp³-hybridized carbons (Fsp3) is 0.348. The van der Waals surface area contributed by atoms with Gasteiger partial charge < -0.3 is 10.2 Å². The van der Waals surface area contributed by atoms with E-state index >= 15 is 0 Å². The Morgan fingerprint density at radius 1 is 1.10 bits per heavy atom. The lowest BCUT2D eigenvalue weighted by Gasteiger charge is -2.34. The molecule has 0 saturated heterocycles. The van der Waals surface area contributed by atoms with Gasteiger partial charge in [-0.25, -0.2) is 0 Å². The molecule has 2 atom stereocenters. The van der Waals surface area contributed by atoms with Crippen LogP contribution in [0.2, 0.25) is 0 Å². The number of carbonyl (C=O) groups excluding carboxylic acids is 1. The maximum atomic E-state index is 13.4. The molecular weight excluding hydrogens is 384 g/mol. The fourth-order valence-electron chi connectivity index (χ4n) is 3.91. The first-order chi connectivity index (χ1) is 14.3. The Balaban J connectivity index is 1.84. The molecule has 0 aromatic heterocycles. The Kier molecular flexibility index (Phi) is 6.52. The van der Waals surface area contributed by atoms with E-state index in [0.717, 1.165) is 11.1 Å². The number of aliphatic carboxylic acids is 2. The van der Waals surface area contributed by atoms with Crippen LogP contribution in [-0.4, -0.2) is 46.2 Å². The first kappa shape index (κ1) is 21.5. The highest BCUT2D eigenvalue weighted by Crippen LogP contribution is 2.31. The molecule has 1 aliphatic rings. The second kappa shape index (κ2) is 9.09. The number of anilines is 1. The molecule has 7 heteroatoms. The standard InChI is InChI=1S/C23H26N2O5/c1-23(24-18(21(28)29)12-11-16-7-3-2-4-8-16)14-13-17-9-5-6-10-19(17)25(22(23)30)15-20(26)27/h2-10,18,24H,11-15H2,1H3,(H,26,27)(H,28,29). The van der Waals surface area contributed by atoms with E-state index in [1.54, 1.807) is 19.1 Å². The van der Waals surface area contributed by atoms with Gasteiger partial charge in [-0.3, -0.25) is 24.6 Å². The third-order valence-electron chi connectivity index (χ3n) is 5.54. The third kappa shape index (κ3) is 4.86. The summed E-state index contributed by atoms with van der Waals surface area (Å²) in [4.78, 5) is 38.0. The van der Waals surface area contributed by atoms with Crippen LogP contribution in [0.3, 0.4) is 0 Å². The van der Waals surface area contributed by atoms with Gasteiger partial charge in [0, 0.05) is 5.69 Å². The summed E-state index contributed by atoms with van der Waals surface area (Å²) in [5.41, 5.74) is 1.25. The zero-order chi connectivity index (χ0) is 21.7. The van der Waals surface area contributed by atoms with Crippen molar-refractivity contribution in [3.8, 4) is 0 Å². The molecule has 0 fully saturated rings. The molecule has 158 valence electrons. The Morgan fingerprint density at radius 2 is 1.77 bits per heavy atom. The Labute approximate surface area is 175 Å². The minimum absolute atomic E-state index is 0.314. The van der Waals surface area contributed by atoms with Crippen molar-refractivity contribution < 1.29 is 24.6 Å². The largest absolute Gasteiger partial charge is 0.480 e. The number of fused-ring (bicyclic) bond motifs is 1. The molecule has 0 spiro atoms. The van der Waals surface area contributed by atoms with E-state index in [4.69, 9.17) is 0 Å². The van der Waals surface area contributed by atoms with E-state index in [1.165, 1.54) is 4.90 Å². The van der Waals surface area contributed by atoms with Crippen LogP contribution in [0.4, 0.5) is 5.69 Å². The second-order valence-corrected chi connectivity index (χ2v) is 7.81. The molecule has 1 heterocycles. The van der Waals surface area contributed by atoms with Gasteiger partial charge in [-0.2, -0.15) is 0 Å². The topological polar surface area (TPSA) is 107 Å². The molecule has 0 saturated carbocycles. The molecule has 0 bridgehead atoms. The molecule has 2 unspecified atom stereocenters. The number of hydrogen-bond donors (Lipinski definition) is 3. The zero-order valence-electron chi connectivity index (χ0n) is 16.9. The van der Waals surface area contributed by atoms with Crippen LogP contribution < -0.4 is 10.2 Å². The highest BCUT2D eigenvalue weighted by atomic mass is 16.4. The van der Waals surface area contributed by atoms with Crippen LogP contribution in [0.15, 0.2) is 54.6 Å². The maximum Gasteiger partial charge on any atom is 0.323 e. The fourth-order valence-corrected chi connectivity index (χ4v) is 3.91. The first-order valence-electron chi connectivity index (χ1n) is 9.96. The van der Waals surface area contributed by atoms with Crippen molar-refractivity contribution in [2.75, 3.05) is 11.4 Å². The molecule has 2 aromatic carbocycles. The summed E-state index contributed by atoms with van der Waals surface area (Å²) >= 11 is 0. The highest BCUT2D eigenvalue weighted by molar-refractivity contribution is 6.04. The molecule has 0 radical (unpaired) electrons. The van der Waals surface area contributed by atoms with Gasteiger partial charge in [-0.15, -0.1) is 0 Å². The van der Waals surface area contributed by atoms with Crippen molar-refractivity contribution in [3.63, 3.8) is 0 Å². The van der Waals surface area contributed by atoms with Gasteiger partial charge >= 0.3 is 11.9 Å². The quantitative estimate of drug-likeness (QED) is 0.617. The zero-order valence-corrected chi connectivity index (χ0v) is 16.9. The van der Waals surface area contributed by atoms with Gasteiger partial charge in [0.05, 0.1) is 5.54 Å². The number of rotatable bonds is 8. The molecule has 7 nitrogen and oxygen atoms in total. The van der Waals surface area contributed by atoms with E-state index in [1.807, 2.05) is 42.5 Å². The summed E-state index contributed by atoms with van der Waals surface area (Å²) in [5, 5.41) is 22.1. The predicted octanol–water partition coefficient (Wildman–Crippen LogP) is 2.48. The van der Waals surface area contributed by atoms with Gasteiger partial charge in [0.1, 0.15) is 12.6 Å². The summed E-state index contributed by atoms with van der Waals surface area (Å²) in [5.74, 6) is -2.59. The van der Waals surface area contributed by atoms with Crippen LogP contribution in [-0.2, 0) is 27.2 Å². The van der Waals surface area contributed by atoms with Crippen molar-refractivity contribution in [1.29, 1.82) is 0 Å². The normalized spacial score (nSPS) is 19.6. The lowest BCUT2D eigenvalue weighted by atomic mass is 9.91.